The van der Waals surface area contributed by atoms with Gasteiger partial charge in [0.15, 0.2) is 0 Å². The first-order valence-electron chi connectivity index (χ1n) is 6.82. The van der Waals surface area contributed by atoms with Crippen molar-refractivity contribution in [1.82, 2.24) is 15.4 Å². The number of nitrogens with one attached hydrogen (secondary N) is 1. The zero-order valence-electron chi connectivity index (χ0n) is 11.2. The van der Waals surface area contributed by atoms with Crippen LogP contribution in [0.4, 0.5) is 0 Å². The minimum absolute atomic E-state index is 0.726. The molecule has 0 amide bonds. The third-order valence-electron chi connectivity index (χ3n) is 3.03. The molecule has 0 fully saturated rings. The highest BCUT2D eigenvalue weighted by molar-refractivity contribution is 5.08. The third kappa shape index (κ3) is 5.82. The molecule has 4 heteroatoms. The molecule has 1 rings (SSSR count). The number of rotatable bonds is 9. The van der Waals surface area contributed by atoms with Crippen LogP contribution in [0.2, 0.25) is 0 Å². The monoisotopic (exact) mass is 238 g/mol. The smallest absolute Gasteiger partial charge is 0.0856 e. The Morgan fingerprint density at radius 2 is 1.65 bits per heavy atom. The summed E-state index contributed by atoms with van der Waals surface area (Å²) in [5.74, 6) is 0.726. The second kappa shape index (κ2) is 8.23. The Bertz CT molecular complexity index is 293. The number of nitrogens with zero attached hydrogens (tertiary/aromatic N) is 2. The van der Waals surface area contributed by atoms with Crippen molar-refractivity contribution in [3.63, 3.8) is 0 Å². The third-order valence-corrected chi connectivity index (χ3v) is 3.03. The molecule has 0 atom stereocenters. The zero-order valence-corrected chi connectivity index (χ0v) is 11.2. The minimum Gasteiger partial charge on any atom is -0.330 e. The molecule has 1 aromatic rings. The van der Waals surface area contributed by atoms with E-state index in [4.69, 9.17) is 5.73 Å². The Kier molecular flexibility index (Phi) is 6.86. The van der Waals surface area contributed by atoms with E-state index in [0.717, 1.165) is 37.4 Å². The van der Waals surface area contributed by atoms with Gasteiger partial charge < -0.3 is 5.73 Å². The van der Waals surface area contributed by atoms with E-state index in [9.17, 15) is 0 Å². The molecule has 0 aliphatic heterocycles. The van der Waals surface area contributed by atoms with Gasteiger partial charge in [0.25, 0.3) is 0 Å². The molecule has 0 bridgehead atoms. The van der Waals surface area contributed by atoms with Crippen LogP contribution >= 0.6 is 0 Å². The number of unbranched alkanes of at least 4 members (excludes halogenated alkanes) is 3. The number of aryl methyl sites for hydroxylation is 2. The Morgan fingerprint density at radius 1 is 1.00 bits per heavy atom. The highest BCUT2D eigenvalue weighted by atomic mass is 15.3. The van der Waals surface area contributed by atoms with Gasteiger partial charge in [0.1, 0.15) is 0 Å². The van der Waals surface area contributed by atoms with Crippen LogP contribution in [0, 0.1) is 5.92 Å². The lowest BCUT2D eigenvalue weighted by Gasteiger charge is -2.03. The van der Waals surface area contributed by atoms with Gasteiger partial charge in [-0.3, -0.25) is 0 Å². The maximum atomic E-state index is 5.47. The number of aromatic amines is 1. The molecule has 1 heterocycles. The van der Waals surface area contributed by atoms with Crippen molar-refractivity contribution < 1.29 is 0 Å². The standard InChI is InChI=1S/C13H26N4/c1-11(2)8-9-13-12(15-17-16-13)7-5-3-4-6-10-14/h11H,3-10,14H2,1-2H3,(H,15,16,17). The van der Waals surface area contributed by atoms with E-state index in [2.05, 4.69) is 29.3 Å². The van der Waals surface area contributed by atoms with E-state index in [0.29, 0.717) is 0 Å². The van der Waals surface area contributed by atoms with Crippen LogP contribution in [-0.2, 0) is 12.8 Å². The molecule has 0 saturated heterocycles. The number of H-pyrrole nitrogens is 1. The molecular formula is C13H26N4. The summed E-state index contributed by atoms with van der Waals surface area (Å²) < 4.78 is 0. The average Bonchev–Trinajstić information content (AvgIpc) is 2.73. The summed E-state index contributed by atoms with van der Waals surface area (Å²) in [6.45, 7) is 5.29. The van der Waals surface area contributed by atoms with Gasteiger partial charge in [-0.2, -0.15) is 15.4 Å². The Hall–Kier alpha value is -0.900. The van der Waals surface area contributed by atoms with Gasteiger partial charge in [0.2, 0.25) is 0 Å². The van der Waals surface area contributed by atoms with E-state index < -0.39 is 0 Å². The predicted octanol–water partition coefficient (Wildman–Crippen LogP) is 2.45. The van der Waals surface area contributed by atoms with Crippen molar-refractivity contribution in [2.75, 3.05) is 6.54 Å². The number of aromatic nitrogens is 3. The lowest BCUT2D eigenvalue weighted by atomic mass is 10.0. The molecule has 0 unspecified atom stereocenters. The zero-order chi connectivity index (χ0) is 12.5. The van der Waals surface area contributed by atoms with Crippen LogP contribution in [0.5, 0.6) is 0 Å². The Labute approximate surface area is 104 Å². The predicted molar refractivity (Wildman–Crippen MR) is 70.8 cm³/mol. The van der Waals surface area contributed by atoms with Gasteiger partial charge in [0, 0.05) is 0 Å². The number of hydrogen-bond acceptors (Lipinski definition) is 3. The van der Waals surface area contributed by atoms with E-state index in [1.807, 2.05) is 0 Å². The van der Waals surface area contributed by atoms with E-state index in [-0.39, 0.29) is 0 Å². The molecule has 0 aliphatic carbocycles. The van der Waals surface area contributed by atoms with Crippen molar-refractivity contribution in [3.8, 4) is 0 Å². The van der Waals surface area contributed by atoms with Crippen molar-refractivity contribution in [1.29, 1.82) is 0 Å². The van der Waals surface area contributed by atoms with Crippen molar-refractivity contribution >= 4 is 0 Å². The molecule has 0 aliphatic rings. The van der Waals surface area contributed by atoms with Crippen LogP contribution in [0.15, 0.2) is 0 Å². The normalized spacial score (nSPS) is 11.3. The molecule has 17 heavy (non-hydrogen) atoms. The molecular weight excluding hydrogens is 212 g/mol. The molecule has 0 saturated carbocycles. The van der Waals surface area contributed by atoms with Crippen molar-refractivity contribution in [2.45, 2.75) is 58.8 Å². The van der Waals surface area contributed by atoms with Gasteiger partial charge in [-0.05, 0) is 44.6 Å². The Morgan fingerprint density at radius 3 is 2.29 bits per heavy atom. The summed E-state index contributed by atoms with van der Waals surface area (Å²) in [7, 11) is 0. The molecule has 0 spiro atoms. The molecule has 98 valence electrons. The van der Waals surface area contributed by atoms with Crippen LogP contribution in [0.1, 0.15) is 57.3 Å². The molecule has 4 nitrogen and oxygen atoms in total. The topological polar surface area (TPSA) is 67.6 Å². The summed E-state index contributed by atoms with van der Waals surface area (Å²) in [6, 6.07) is 0. The summed E-state index contributed by atoms with van der Waals surface area (Å²) in [5, 5.41) is 11.3. The van der Waals surface area contributed by atoms with Gasteiger partial charge in [-0.1, -0.05) is 26.7 Å². The first-order valence-corrected chi connectivity index (χ1v) is 6.82. The largest absolute Gasteiger partial charge is 0.330 e. The fraction of sp³-hybridized carbons (Fsp3) is 0.846. The van der Waals surface area contributed by atoms with Crippen molar-refractivity contribution in [2.24, 2.45) is 11.7 Å². The van der Waals surface area contributed by atoms with Gasteiger partial charge in [-0.25, -0.2) is 0 Å². The SMILES string of the molecule is CC(C)CCc1n[nH]nc1CCCCCCN. The van der Waals surface area contributed by atoms with Crippen LogP contribution in [0.25, 0.3) is 0 Å². The second-order valence-electron chi connectivity index (χ2n) is 5.10. The van der Waals surface area contributed by atoms with Crippen LogP contribution < -0.4 is 5.73 Å². The summed E-state index contributed by atoms with van der Waals surface area (Å²) >= 11 is 0. The summed E-state index contributed by atoms with van der Waals surface area (Å²) in [4.78, 5) is 0. The lowest BCUT2D eigenvalue weighted by Crippen LogP contribution is -1.99. The minimum atomic E-state index is 0.726. The molecule has 1 aromatic heterocycles. The lowest BCUT2D eigenvalue weighted by molar-refractivity contribution is 0.577. The maximum Gasteiger partial charge on any atom is 0.0856 e. The second-order valence-corrected chi connectivity index (χ2v) is 5.10. The van der Waals surface area contributed by atoms with Gasteiger partial charge in [0.05, 0.1) is 11.4 Å². The van der Waals surface area contributed by atoms with E-state index >= 15 is 0 Å². The number of hydrogen-bond donors (Lipinski definition) is 2. The van der Waals surface area contributed by atoms with Crippen molar-refractivity contribution in [3.05, 3.63) is 11.4 Å². The quantitative estimate of drug-likeness (QED) is 0.649. The Balaban J connectivity index is 2.25. The average molecular weight is 238 g/mol. The fourth-order valence-corrected chi connectivity index (χ4v) is 1.89. The number of nitrogens with two attached hydrogens (primary N) is 1. The molecule has 3 N–H and O–H groups in total. The van der Waals surface area contributed by atoms with Gasteiger partial charge in [-0.15, -0.1) is 0 Å². The van der Waals surface area contributed by atoms with Crippen LogP contribution in [0.3, 0.4) is 0 Å². The maximum absolute atomic E-state index is 5.47. The summed E-state index contributed by atoms with van der Waals surface area (Å²) in [5.41, 5.74) is 7.80. The first-order chi connectivity index (χ1) is 8.24. The highest BCUT2D eigenvalue weighted by Crippen LogP contribution is 2.12. The van der Waals surface area contributed by atoms with E-state index in [1.165, 1.54) is 31.4 Å². The first kappa shape index (κ1) is 14.2. The van der Waals surface area contributed by atoms with Crippen LogP contribution in [-0.4, -0.2) is 22.0 Å². The van der Waals surface area contributed by atoms with E-state index in [1.54, 1.807) is 0 Å². The summed E-state index contributed by atoms with van der Waals surface area (Å²) in [6.07, 6.45) is 8.09. The van der Waals surface area contributed by atoms with Gasteiger partial charge >= 0.3 is 0 Å². The molecule has 0 radical (unpaired) electrons. The highest BCUT2D eigenvalue weighted by Gasteiger charge is 2.08. The molecule has 0 aromatic carbocycles. The fourth-order valence-electron chi connectivity index (χ4n) is 1.89.